The van der Waals surface area contributed by atoms with E-state index in [1.165, 1.54) is 11.3 Å². The van der Waals surface area contributed by atoms with Gasteiger partial charge < -0.3 is 10.0 Å². The number of carboxylic acids is 1. The lowest BCUT2D eigenvalue weighted by Crippen LogP contribution is -2.46. The number of hydrogen-bond donors (Lipinski definition) is 1. The molecular formula is C13H16BrNO3S. The third-order valence-electron chi connectivity index (χ3n) is 3.92. The molecule has 0 saturated carbocycles. The summed E-state index contributed by atoms with van der Waals surface area (Å²) in [4.78, 5) is 26.1. The average Bonchev–Trinajstić information content (AvgIpc) is 2.84. The fourth-order valence-electron chi connectivity index (χ4n) is 2.44. The molecule has 4 nitrogen and oxygen atoms in total. The molecule has 2 rings (SSSR count). The largest absolute Gasteiger partial charge is 0.481 e. The minimum absolute atomic E-state index is 0.00536. The minimum atomic E-state index is -0.735. The first kappa shape index (κ1) is 14.5. The van der Waals surface area contributed by atoms with Gasteiger partial charge in [-0.2, -0.15) is 0 Å². The van der Waals surface area contributed by atoms with Gasteiger partial charge in [0.15, 0.2) is 0 Å². The molecule has 0 aromatic carbocycles. The van der Waals surface area contributed by atoms with Crippen LogP contribution in [0.1, 0.15) is 35.9 Å². The number of carbonyl (C=O) groups is 2. The van der Waals surface area contributed by atoms with Crippen molar-refractivity contribution in [2.24, 2.45) is 5.41 Å². The second-order valence-electron chi connectivity index (χ2n) is 4.83. The van der Waals surface area contributed by atoms with Crippen LogP contribution in [0.4, 0.5) is 0 Å². The van der Waals surface area contributed by atoms with E-state index < -0.39 is 11.4 Å². The summed E-state index contributed by atoms with van der Waals surface area (Å²) in [7, 11) is 0. The van der Waals surface area contributed by atoms with Crippen LogP contribution in [0.3, 0.4) is 0 Å². The quantitative estimate of drug-likeness (QED) is 0.914. The van der Waals surface area contributed by atoms with Gasteiger partial charge in [0.1, 0.15) is 0 Å². The number of aliphatic carboxylic acids is 1. The van der Waals surface area contributed by atoms with Crippen molar-refractivity contribution < 1.29 is 14.7 Å². The highest BCUT2D eigenvalue weighted by Gasteiger charge is 2.40. The highest BCUT2D eigenvalue weighted by Crippen LogP contribution is 2.36. The molecule has 1 amide bonds. The maximum absolute atomic E-state index is 12.3. The molecule has 0 atom stereocenters. The molecule has 1 aromatic rings. The molecule has 1 fully saturated rings. The van der Waals surface area contributed by atoms with Crippen molar-refractivity contribution in [2.45, 2.75) is 26.2 Å². The van der Waals surface area contributed by atoms with E-state index in [0.29, 0.717) is 37.2 Å². The SMILES string of the molecule is CCC1(C(=O)O)CCN(C(=O)c2ccc(Br)s2)CC1. The Morgan fingerprint density at radius 2 is 2.05 bits per heavy atom. The number of nitrogens with zero attached hydrogens (tertiary/aromatic N) is 1. The molecule has 1 aliphatic rings. The first-order valence-corrected chi connectivity index (χ1v) is 7.87. The van der Waals surface area contributed by atoms with E-state index in [4.69, 9.17) is 0 Å². The molecule has 2 heterocycles. The Hall–Kier alpha value is -0.880. The van der Waals surface area contributed by atoms with Crippen LogP contribution in [0.25, 0.3) is 0 Å². The fourth-order valence-corrected chi connectivity index (χ4v) is 3.80. The maximum atomic E-state index is 12.3. The second-order valence-corrected chi connectivity index (χ2v) is 7.30. The monoisotopic (exact) mass is 345 g/mol. The van der Waals surface area contributed by atoms with Crippen LogP contribution in [-0.2, 0) is 4.79 Å². The van der Waals surface area contributed by atoms with E-state index in [1.54, 1.807) is 11.0 Å². The fraction of sp³-hybridized carbons (Fsp3) is 0.538. The molecule has 1 aromatic heterocycles. The molecule has 1 saturated heterocycles. The van der Waals surface area contributed by atoms with Crippen LogP contribution >= 0.6 is 27.3 Å². The third kappa shape index (κ3) is 2.84. The van der Waals surface area contributed by atoms with Gasteiger partial charge in [0.2, 0.25) is 0 Å². The first-order valence-electron chi connectivity index (χ1n) is 6.26. The van der Waals surface area contributed by atoms with Gasteiger partial charge in [-0.25, -0.2) is 0 Å². The molecule has 1 N–H and O–H groups in total. The number of amides is 1. The predicted molar refractivity (Wildman–Crippen MR) is 77.5 cm³/mol. The highest BCUT2D eigenvalue weighted by atomic mass is 79.9. The Bertz CT molecular complexity index is 492. The molecule has 0 radical (unpaired) electrons. The zero-order valence-electron chi connectivity index (χ0n) is 10.7. The molecule has 1 aliphatic heterocycles. The predicted octanol–water partition coefficient (Wildman–Crippen LogP) is 3.23. The van der Waals surface area contributed by atoms with Gasteiger partial charge in [0.25, 0.3) is 5.91 Å². The summed E-state index contributed by atoms with van der Waals surface area (Å²) in [5.74, 6) is -0.730. The number of rotatable bonds is 3. The number of carbonyl (C=O) groups excluding carboxylic acids is 1. The van der Waals surface area contributed by atoms with Crippen LogP contribution in [0.2, 0.25) is 0 Å². The van der Waals surface area contributed by atoms with Gasteiger partial charge in [0, 0.05) is 13.1 Å². The Kier molecular flexibility index (Phi) is 4.30. The Morgan fingerprint density at radius 3 is 2.47 bits per heavy atom. The first-order chi connectivity index (χ1) is 8.98. The molecule has 19 heavy (non-hydrogen) atoms. The number of carboxylic acid groups (broad SMARTS) is 1. The molecular weight excluding hydrogens is 330 g/mol. The lowest BCUT2D eigenvalue weighted by atomic mass is 9.76. The summed E-state index contributed by atoms with van der Waals surface area (Å²) in [6.07, 6.45) is 1.70. The molecule has 0 bridgehead atoms. The van der Waals surface area contributed by atoms with Crippen molar-refractivity contribution in [2.75, 3.05) is 13.1 Å². The summed E-state index contributed by atoms with van der Waals surface area (Å²) in [5.41, 5.74) is -0.646. The normalized spacial score (nSPS) is 18.3. The smallest absolute Gasteiger partial charge is 0.309 e. The van der Waals surface area contributed by atoms with Gasteiger partial charge in [0.05, 0.1) is 14.1 Å². The standard InChI is InChI=1S/C13H16BrNO3S/c1-2-13(12(17)18)5-7-15(8-6-13)11(16)9-3-4-10(14)19-9/h3-4H,2,5-8H2,1H3,(H,17,18). The maximum Gasteiger partial charge on any atom is 0.309 e. The number of thiophene rings is 1. The van der Waals surface area contributed by atoms with Gasteiger partial charge in [-0.1, -0.05) is 6.92 Å². The lowest BCUT2D eigenvalue weighted by Gasteiger charge is -2.38. The third-order valence-corrected chi connectivity index (χ3v) is 5.53. The topological polar surface area (TPSA) is 57.6 Å². The number of piperidine rings is 1. The van der Waals surface area contributed by atoms with Crippen LogP contribution < -0.4 is 0 Å². The van der Waals surface area contributed by atoms with Crippen LogP contribution in [0.15, 0.2) is 15.9 Å². The lowest BCUT2D eigenvalue weighted by molar-refractivity contribution is -0.152. The van der Waals surface area contributed by atoms with Crippen molar-refractivity contribution in [1.29, 1.82) is 0 Å². The minimum Gasteiger partial charge on any atom is -0.481 e. The van der Waals surface area contributed by atoms with E-state index >= 15 is 0 Å². The Labute approximate surface area is 124 Å². The molecule has 0 unspecified atom stereocenters. The van der Waals surface area contributed by atoms with Crippen molar-refractivity contribution >= 4 is 39.1 Å². The van der Waals surface area contributed by atoms with Gasteiger partial charge in [-0.15, -0.1) is 11.3 Å². The van der Waals surface area contributed by atoms with Crippen molar-refractivity contribution in [3.63, 3.8) is 0 Å². The van der Waals surface area contributed by atoms with Crippen LogP contribution in [0.5, 0.6) is 0 Å². The zero-order chi connectivity index (χ0) is 14.0. The second kappa shape index (κ2) is 5.63. The summed E-state index contributed by atoms with van der Waals surface area (Å²) < 4.78 is 0.932. The average molecular weight is 346 g/mol. The van der Waals surface area contributed by atoms with E-state index in [9.17, 15) is 14.7 Å². The van der Waals surface area contributed by atoms with Gasteiger partial charge in [-0.3, -0.25) is 9.59 Å². The van der Waals surface area contributed by atoms with Crippen LogP contribution in [-0.4, -0.2) is 35.0 Å². The van der Waals surface area contributed by atoms with E-state index in [2.05, 4.69) is 15.9 Å². The number of likely N-dealkylation sites (tertiary alicyclic amines) is 1. The molecule has 6 heteroatoms. The summed E-state index contributed by atoms with van der Waals surface area (Å²) in [5, 5.41) is 9.33. The van der Waals surface area contributed by atoms with E-state index in [1.807, 2.05) is 13.0 Å². The van der Waals surface area contributed by atoms with E-state index in [0.717, 1.165) is 3.79 Å². The molecule has 0 aliphatic carbocycles. The van der Waals surface area contributed by atoms with E-state index in [-0.39, 0.29) is 5.91 Å². The number of halogens is 1. The Balaban J connectivity index is 2.04. The van der Waals surface area contributed by atoms with Gasteiger partial charge >= 0.3 is 5.97 Å². The molecule has 104 valence electrons. The zero-order valence-corrected chi connectivity index (χ0v) is 13.1. The highest BCUT2D eigenvalue weighted by molar-refractivity contribution is 9.11. The van der Waals surface area contributed by atoms with Crippen molar-refractivity contribution in [3.05, 3.63) is 20.8 Å². The van der Waals surface area contributed by atoms with Crippen LogP contribution in [0, 0.1) is 5.41 Å². The van der Waals surface area contributed by atoms with Gasteiger partial charge in [-0.05, 0) is 47.3 Å². The summed E-state index contributed by atoms with van der Waals surface area (Å²) in [6.45, 7) is 2.95. The summed E-state index contributed by atoms with van der Waals surface area (Å²) >= 11 is 4.75. The molecule has 0 spiro atoms. The summed E-state index contributed by atoms with van der Waals surface area (Å²) in [6, 6.07) is 3.66. The Morgan fingerprint density at radius 1 is 1.42 bits per heavy atom. The number of hydrogen-bond acceptors (Lipinski definition) is 3. The van der Waals surface area contributed by atoms with Crippen molar-refractivity contribution in [1.82, 2.24) is 4.90 Å². The van der Waals surface area contributed by atoms with Crippen molar-refractivity contribution in [3.8, 4) is 0 Å².